The van der Waals surface area contributed by atoms with Crippen LogP contribution in [0.2, 0.25) is 0 Å². The average Bonchev–Trinajstić information content (AvgIpc) is 3.11. The summed E-state index contributed by atoms with van der Waals surface area (Å²) in [6.45, 7) is -3.01. The zero-order valence-corrected chi connectivity index (χ0v) is 28.3. The van der Waals surface area contributed by atoms with E-state index in [2.05, 4.69) is 4.52 Å². The van der Waals surface area contributed by atoms with Crippen LogP contribution >= 0.6 is 7.82 Å². The summed E-state index contributed by atoms with van der Waals surface area (Å²) in [4.78, 5) is 34.1. The van der Waals surface area contributed by atoms with Crippen molar-refractivity contribution in [1.82, 2.24) is 0 Å². The molecule has 0 radical (unpaired) electrons. The zero-order chi connectivity index (χ0) is 40.6. The molecule has 21 atom stereocenters. The predicted octanol–water partition coefficient (Wildman–Crippen LogP) is -9.69. The summed E-state index contributed by atoms with van der Waals surface area (Å²) in [6.07, 6.45) is -41.8. The van der Waals surface area contributed by atoms with E-state index >= 15 is 0 Å². The first-order valence-corrected chi connectivity index (χ1v) is 17.4. The van der Waals surface area contributed by atoms with E-state index in [0.717, 1.165) is 0 Å². The molecule has 0 aromatic heterocycles. The normalized spacial score (nSPS) is 47.7. The summed E-state index contributed by atoms with van der Waals surface area (Å²) in [6, 6.07) is 0. The van der Waals surface area contributed by atoms with Crippen LogP contribution in [0.3, 0.4) is 0 Å². The molecule has 4 aliphatic heterocycles. The summed E-state index contributed by atoms with van der Waals surface area (Å²) in [5.41, 5.74) is 0. The van der Waals surface area contributed by atoms with Gasteiger partial charge in [-0.05, 0) is 0 Å². The van der Waals surface area contributed by atoms with Crippen molar-refractivity contribution in [2.45, 2.75) is 129 Å². The van der Waals surface area contributed by atoms with E-state index in [1.807, 2.05) is 0 Å². The number of ether oxygens (including phenoxy) is 6. The minimum Gasteiger partial charge on any atom is -0.479 e. The van der Waals surface area contributed by atoms with Gasteiger partial charge in [-0.2, -0.15) is 0 Å². The molecule has 0 aromatic rings. The van der Waals surface area contributed by atoms with Crippen LogP contribution in [0, 0.1) is 0 Å². The highest BCUT2D eigenvalue weighted by molar-refractivity contribution is 7.47. The third-order valence-electron chi connectivity index (χ3n) is 8.95. The first-order chi connectivity index (χ1) is 25.1. The van der Waals surface area contributed by atoms with Gasteiger partial charge in [-0.15, -0.1) is 0 Å². The fraction of sp³-hybridized carbons (Fsp3) is 0.923. The van der Waals surface area contributed by atoms with Gasteiger partial charge in [-0.3, -0.25) is 9.05 Å². The lowest BCUT2D eigenvalue weighted by Gasteiger charge is -2.48. The summed E-state index contributed by atoms with van der Waals surface area (Å²) < 4.78 is 54.3. The van der Waals surface area contributed by atoms with Crippen LogP contribution in [0.25, 0.3) is 0 Å². The standard InChI is InChI=1S/C26H43O27P/c27-2-5(29)18-19(49-23-16(37)12(33)10(31)8(48-23)4-46-22-15(36)11(32)9(30)7(3-28)47-22)6(1-26(43,51-18)25(41)42)52-54(44,45)53-24-17(38)13(34)14(35)20(50-24)21(39)40/h5-20,22-24,27-38,43H,1-4H2,(H,39,40)(H,41,42)(H,44,45)/t5-,6-,7-,8-,9-,10-,11+,12+,13+,14-,15-,16+,17-,18-,19-,20+,22-,23-,24-,26-/m1/s1. The number of carboxylic acids is 2. The molecule has 16 N–H and O–H groups in total. The largest absolute Gasteiger partial charge is 0.479 e. The van der Waals surface area contributed by atoms with E-state index in [9.17, 15) is 95.6 Å². The first kappa shape index (κ1) is 45.0. The van der Waals surface area contributed by atoms with Gasteiger partial charge in [0.15, 0.2) is 25.0 Å². The molecule has 0 bridgehead atoms. The molecule has 4 aliphatic rings. The van der Waals surface area contributed by atoms with Crippen LogP contribution in [0.1, 0.15) is 6.42 Å². The maximum Gasteiger partial charge on any atom is 0.474 e. The molecule has 4 rings (SSSR count). The lowest BCUT2D eigenvalue weighted by molar-refractivity contribution is -0.365. The topological polar surface area (TPSA) is 449 Å². The van der Waals surface area contributed by atoms with Crippen molar-refractivity contribution in [2.75, 3.05) is 19.8 Å². The maximum absolute atomic E-state index is 13.2. The van der Waals surface area contributed by atoms with Crippen molar-refractivity contribution >= 4 is 19.8 Å². The summed E-state index contributed by atoms with van der Waals surface area (Å²) in [7, 11) is -5.87. The molecule has 4 heterocycles. The van der Waals surface area contributed by atoms with Crippen LogP contribution < -0.4 is 0 Å². The van der Waals surface area contributed by atoms with Gasteiger partial charge in [0.05, 0.1) is 19.8 Å². The lowest BCUT2D eigenvalue weighted by atomic mass is 9.92. The molecule has 1 unspecified atom stereocenters. The van der Waals surface area contributed by atoms with Crippen LogP contribution in [0.5, 0.6) is 0 Å². The minimum absolute atomic E-state index is 0.841. The SMILES string of the molecule is O=C(O)[C@H]1O[C@H](OP(=O)(O)O[C@@H]2C[C@](O)(C(=O)O)O[C@H]([C@H](O)CO)[C@@H]2O[C@H]2O[C@H](CO[C@@H]3O[C@H](CO)[C@@H](O)[C@H](O)[C@H]3O)[C@@H](O)[C@H](O)[C@@H]2O)[C@H](O)[C@@H](O)[C@H]1O. The van der Waals surface area contributed by atoms with Crippen molar-refractivity contribution < 1.29 is 133 Å². The second-order valence-corrected chi connectivity index (χ2v) is 14.1. The molecule has 314 valence electrons. The van der Waals surface area contributed by atoms with Gasteiger partial charge in [0.2, 0.25) is 0 Å². The van der Waals surface area contributed by atoms with Gasteiger partial charge >= 0.3 is 19.8 Å². The van der Waals surface area contributed by atoms with Crippen LogP contribution in [0.15, 0.2) is 0 Å². The summed E-state index contributed by atoms with van der Waals surface area (Å²) in [5, 5.41) is 152. The Balaban J connectivity index is 1.60. The Bertz CT molecular complexity index is 1320. The molecular weight excluding hydrogens is 775 g/mol. The van der Waals surface area contributed by atoms with E-state index in [1.54, 1.807) is 0 Å². The van der Waals surface area contributed by atoms with Crippen LogP contribution in [-0.2, 0) is 51.6 Å². The van der Waals surface area contributed by atoms with Crippen molar-refractivity contribution in [3.8, 4) is 0 Å². The van der Waals surface area contributed by atoms with Gasteiger partial charge in [-0.25, -0.2) is 14.2 Å². The number of hydrogen-bond donors (Lipinski definition) is 16. The quantitative estimate of drug-likeness (QED) is 0.0724. The highest BCUT2D eigenvalue weighted by Crippen LogP contribution is 2.51. The summed E-state index contributed by atoms with van der Waals surface area (Å²) >= 11 is 0. The van der Waals surface area contributed by atoms with Gasteiger partial charge < -0.3 is 110 Å². The van der Waals surface area contributed by atoms with Crippen LogP contribution in [0.4, 0.5) is 0 Å². The molecule has 4 saturated heterocycles. The molecule has 0 spiro atoms. The molecule has 0 saturated carbocycles. The number of aliphatic hydroxyl groups excluding tert-OH is 12. The molecular formula is C26H43O27P. The Hall–Kier alpha value is -1.71. The number of carbonyl (C=O) groups is 2. The predicted molar refractivity (Wildman–Crippen MR) is 157 cm³/mol. The molecule has 27 nitrogen and oxygen atoms in total. The van der Waals surface area contributed by atoms with Crippen molar-refractivity contribution in [2.24, 2.45) is 0 Å². The Morgan fingerprint density at radius 1 is 0.741 bits per heavy atom. The van der Waals surface area contributed by atoms with E-state index in [1.165, 1.54) is 0 Å². The van der Waals surface area contributed by atoms with Crippen molar-refractivity contribution in [1.29, 1.82) is 0 Å². The third-order valence-corrected chi connectivity index (χ3v) is 9.96. The Morgan fingerprint density at radius 2 is 1.28 bits per heavy atom. The number of hydrogen-bond acceptors (Lipinski definition) is 24. The minimum atomic E-state index is -5.87. The monoisotopic (exact) mass is 818 g/mol. The number of rotatable bonds is 14. The number of aliphatic carboxylic acids is 2. The second kappa shape index (κ2) is 17.8. The molecule has 54 heavy (non-hydrogen) atoms. The lowest BCUT2D eigenvalue weighted by Crippen LogP contribution is -2.66. The molecule has 0 aromatic carbocycles. The molecule has 0 amide bonds. The van der Waals surface area contributed by atoms with Gasteiger partial charge in [0, 0.05) is 6.42 Å². The van der Waals surface area contributed by atoms with Crippen molar-refractivity contribution in [3.05, 3.63) is 0 Å². The van der Waals surface area contributed by atoms with E-state index < -0.39 is 168 Å². The highest BCUT2D eigenvalue weighted by Gasteiger charge is 2.58. The van der Waals surface area contributed by atoms with Crippen molar-refractivity contribution in [3.63, 3.8) is 0 Å². The molecule has 4 fully saturated rings. The second-order valence-electron chi connectivity index (χ2n) is 12.7. The number of aliphatic hydroxyl groups is 13. The van der Waals surface area contributed by atoms with Gasteiger partial charge in [0.1, 0.15) is 91.6 Å². The number of phosphoric ester groups is 1. The van der Waals surface area contributed by atoms with Gasteiger partial charge in [0.25, 0.3) is 5.79 Å². The summed E-state index contributed by atoms with van der Waals surface area (Å²) in [5.74, 6) is -7.52. The van der Waals surface area contributed by atoms with Gasteiger partial charge in [-0.1, -0.05) is 0 Å². The van der Waals surface area contributed by atoms with Crippen LogP contribution in [-0.4, -0.2) is 236 Å². The molecule has 0 aliphatic carbocycles. The van der Waals surface area contributed by atoms with E-state index in [4.69, 9.17) is 32.9 Å². The fourth-order valence-electron chi connectivity index (χ4n) is 5.92. The highest BCUT2D eigenvalue weighted by atomic mass is 31.2. The smallest absolute Gasteiger partial charge is 0.474 e. The zero-order valence-electron chi connectivity index (χ0n) is 27.4. The Labute approximate surface area is 301 Å². The van der Waals surface area contributed by atoms with E-state index in [-0.39, 0.29) is 0 Å². The first-order valence-electron chi connectivity index (χ1n) is 15.9. The number of phosphoric acid groups is 1. The maximum atomic E-state index is 13.2. The average molecular weight is 819 g/mol. The Kier molecular flexibility index (Phi) is 14.9. The fourth-order valence-corrected chi connectivity index (χ4v) is 6.95. The molecule has 28 heteroatoms. The third kappa shape index (κ3) is 9.52. The van der Waals surface area contributed by atoms with E-state index in [0.29, 0.717) is 0 Å². The Morgan fingerprint density at radius 3 is 1.83 bits per heavy atom. The number of carboxylic acid groups (broad SMARTS) is 2.